The number of nitrogens with one attached hydrogen (secondary N) is 1. The van der Waals surface area contributed by atoms with Crippen LogP contribution in [0.3, 0.4) is 0 Å². The van der Waals surface area contributed by atoms with Crippen LogP contribution in [0.15, 0.2) is 31.0 Å². The summed E-state index contributed by atoms with van der Waals surface area (Å²) in [7, 11) is 0. The molecule has 4 heteroatoms. The summed E-state index contributed by atoms with van der Waals surface area (Å²) in [5.41, 5.74) is 0.469. The zero-order valence-electron chi connectivity index (χ0n) is 6.86. The number of hydrogen-bond acceptors (Lipinski definition) is 3. The van der Waals surface area contributed by atoms with Crippen molar-refractivity contribution in [2.24, 2.45) is 0 Å². The molecule has 0 aliphatic carbocycles. The van der Waals surface area contributed by atoms with Crippen LogP contribution in [0.5, 0.6) is 0 Å². The number of amides is 1. The Morgan fingerprint density at radius 1 is 1.54 bits per heavy atom. The molecule has 1 aromatic rings. The molecular formula is C9H8N2O2. The Morgan fingerprint density at radius 2 is 2.31 bits per heavy atom. The number of carbonyl (C=O) groups excluding carboxylic acids is 2. The number of hydrogen-bond donors (Lipinski definition) is 1. The van der Waals surface area contributed by atoms with Gasteiger partial charge in [-0.1, -0.05) is 6.58 Å². The van der Waals surface area contributed by atoms with Crippen molar-refractivity contribution in [1.82, 2.24) is 4.98 Å². The van der Waals surface area contributed by atoms with E-state index in [-0.39, 0.29) is 5.91 Å². The fourth-order valence-electron chi connectivity index (χ4n) is 0.726. The molecule has 0 unspecified atom stereocenters. The van der Waals surface area contributed by atoms with E-state index in [0.29, 0.717) is 17.7 Å². The van der Waals surface area contributed by atoms with Gasteiger partial charge < -0.3 is 5.32 Å². The minimum Gasteiger partial charge on any atom is -0.307 e. The van der Waals surface area contributed by atoms with Gasteiger partial charge in [0.05, 0.1) is 0 Å². The molecule has 0 aliphatic rings. The zero-order valence-corrected chi connectivity index (χ0v) is 6.86. The number of aromatic nitrogens is 1. The molecule has 0 spiro atoms. The highest BCUT2D eigenvalue weighted by atomic mass is 16.1. The van der Waals surface area contributed by atoms with Gasteiger partial charge in [-0.05, 0) is 18.2 Å². The van der Waals surface area contributed by atoms with E-state index < -0.39 is 0 Å². The van der Waals surface area contributed by atoms with Crippen LogP contribution in [-0.2, 0) is 4.79 Å². The van der Waals surface area contributed by atoms with Crippen molar-refractivity contribution in [3.8, 4) is 0 Å². The first-order valence-corrected chi connectivity index (χ1v) is 3.61. The number of aldehydes is 1. The largest absolute Gasteiger partial charge is 0.307 e. The Kier molecular flexibility index (Phi) is 2.92. The average molecular weight is 176 g/mol. The van der Waals surface area contributed by atoms with Crippen molar-refractivity contribution in [1.29, 1.82) is 0 Å². The first-order chi connectivity index (χ1) is 6.26. The summed E-state index contributed by atoms with van der Waals surface area (Å²) in [6.07, 6.45) is 3.22. The third-order valence-corrected chi connectivity index (χ3v) is 1.36. The maximum Gasteiger partial charge on any atom is 0.248 e. The fraction of sp³-hybridized carbons (Fsp3) is 0. The van der Waals surface area contributed by atoms with Crippen LogP contribution in [0.2, 0.25) is 0 Å². The van der Waals surface area contributed by atoms with Crippen LogP contribution in [0.4, 0.5) is 5.82 Å². The van der Waals surface area contributed by atoms with E-state index >= 15 is 0 Å². The van der Waals surface area contributed by atoms with Crippen LogP contribution < -0.4 is 5.32 Å². The van der Waals surface area contributed by atoms with Gasteiger partial charge in [-0.2, -0.15) is 0 Å². The van der Waals surface area contributed by atoms with Gasteiger partial charge in [0.25, 0.3) is 0 Å². The maximum absolute atomic E-state index is 10.8. The van der Waals surface area contributed by atoms with Crippen molar-refractivity contribution in [2.75, 3.05) is 5.32 Å². The van der Waals surface area contributed by atoms with Crippen LogP contribution in [-0.4, -0.2) is 17.2 Å². The second kappa shape index (κ2) is 4.15. The van der Waals surface area contributed by atoms with Crippen molar-refractivity contribution in [3.63, 3.8) is 0 Å². The van der Waals surface area contributed by atoms with Gasteiger partial charge in [-0.25, -0.2) is 4.98 Å². The standard InChI is InChI=1S/C9H8N2O2/c1-2-9(13)11-8-4-3-7(6-12)5-10-8/h2-6H,1H2,(H,10,11,13). The quantitative estimate of drug-likeness (QED) is 0.552. The lowest BCUT2D eigenvalue weighted by molar-refractivity contribution is -0.111. The molecule has 1 heterocycles. The van der Waals surface area contributed by atoms with Crippen LogP contribution >= 0.6 is 0 Å². The first kappa shape index (κ1) is 9.12. The van der Waals surface area contributed by atoms with E-state index in [2.05, 4.69) is 16.9 Å². The van der Waals surface area contributed by atoms with Crippen molar-refractivity contribution in [2.45, 2.75) is 0 Å². The molecule has 13 heavy (non-hydrogen) atoms. The molecule has 0 atom stereocenters. The number of carbonyl (C=O) groups is 2. The lowest BCUT2D eigenvalue weighted by Crippen LogP contribution is -2.08. The number of rotatable bonds is 3. The van der Waals surface area contributed by atoms with Gasteiger partial charge in [0.15, 0.2) is 6.29 Å². The molecule has 0 fully saturated rings. The Hall–Kier alpha value is -1.97. The predicted octanol–water partition coefficient (Wildman–Crippen LogP) is 1.02. The van der Waals surface area contributed by atoms with Crippen molar-refractivity contribution >= 4 is 18.0 Å². The molecule has 0 aromatic carbocycles. The molecule has 4 nitrogen and oxygen atoms in total. The third-order valence-electron chi connectivity index (χ3n) is 1.36. The number of nitrogens with zero attached hydrogens (tertiary/aromatic N) is 1. The number of pyridine rings is 1. The van der Waals surface area contributed by atoms with E-state index in [4.69, 9.17) is 0 Å². The minimum atomic E-state index is -0.327. The average Bonchev–Trinajstić information content (AvgIpc) is 2.19. The van der Waals surface area contributed by atoms with Crippen LogP contribution in [0.1, 0.15) is 10.4 Å². The molecule has 0 aliphatic heterocycles. The fourth-order valence-corrected chi connectivity index (χ4v) is 0.726. The molecule has 1 N–H and O–H groups in total. The summed E-state index contributed by atoms with van der Waals surface area (Å²) in [5.74, 6) is 0.0712. The maximum atomic E-state index is 10.8. The Balaban J connectivity index is 2.74. The smallest absolute Gasteiger partial charge is 0.248 e. The minimum absolute atomic E-state index is 0.327. The molecule has 1 amide bonds. The highest BCUT2D eigenvalue weighted by Crippen LogP contribution is 2.02. The summed E-state index contributed by atoms with van der Waals surface area (Å²) in [6.45, 7) is 3.29. The molecule has 0 bridgehead atoms. The second-order valence-electron chi connectivity index (χ2n) is 2.29. The molecule has 0 radical (unpaired) electrons. The summed E-state index contributed by atoms with van der Waals surface area (Å²) in [4.78, 5) is 24.9. The van der Waals surface area contributed by atoms with Gasteiger partial charge >= 0.3 is 0 Å². The third kappa shape index (κ3) is 2.52. The molecule has 1 rings (SSSR count). The van der Waals surface area contributed by atoms with E-state index in [1.165, 1.54) is 6.20 Å². The summed E-state index contributed by atoms with van der Waals surface area (Å²) < 4.78 is 0. The normalized spacial score (nSPS) is 8.92. The van der Waals surface area contributed by atoms with Gasteiger partial charge in [0.2, 0.25) is 5.91 Å². The molecule has 0 saturated carbocycles. The predicted molar refractivity (Wildman–Crippen MR) is 48.5 cm³/mol. The van der Waals surface area contributed by atoms with Gasteiger partial charge in [-0.15, -0.1) is 0 Å². The zero-order chi connectivity index (χ0) is 9.68. The summed E-state index contributed by atoms with van der Waals surface area (Å²) >= 11 is 0. The Bertz CT molecular complexity index is 330. The molecule has 1 aromatic heterocycles. The monoisotopic (exact) mass is 176 g/mol. The van der Waals surface area contributed by atoms with Gasteiger partial charge in [0.1, 0.15) is 5.82 Å². The lowest BCUT2D eigenvalue weighted by atomic mass is 10.3. The lowest BCUT2D eigenvalue weighted by Gasteiger charge is -1.99. The molecular weight excluding hydrogens is 168 g/mol. The van der Waals surface area contributed by atoms with Crippen LogP contribution in [0, 0.1) is 0 Å². The van der Waals surface area contributed by atoms with E-state index in [1.54, 1.807) is 12.1 Å². The molecule has 66 valence electrons. The first-order valence-electron chi connectivity index (χ1n) is 3.61. The van der Waals surface area contributed by atoms with E-state index in [9.17, 15) is 9.59 Å². The van der Waals surface area contributed by atoms with Crippen molar-refractivity contribution < 1.29 is 9.59 Å². The Morgan fingerprint density at radius 3 is 2.77 bits per heavy atom. The SMILES string of the molecule is C=CC(=O)Nc1ccc(C=O)cn1. The van der Waals surface area contributed by atoms with Crippen LogP contribution in [0.25, 0.3) is 0 Å². The van der Waals surface area contributed by atoms with E-state index in [0.717, 1.165) is 6.08 Å². The Labute approximate surface area is 75.3 Å². The summed E-state index contributed by atoms with van der Waals surface area (Å²) in [6, 6.07) is 3.11. The second-order valence-corrected chi connectivity index (χ2v) is 2.29. The van der Waals surface area contributed by atoms with Crippen molar-refractivity contribution in [3.05, 3.63) is 36.5 Å². The highest BCUT2D eigenvalue weighted by molar-refractivity contribution is 5.98. The van der Waals surface area contributed by atoms with E-state index in [1.807, 2.05) is 0 Å². The van der Waals surface area contributed by atoms with Gasteiger partial charge in [-0.3, -0.25) is 9.59 Å². The number of anilines is 1. The highest BCUT2D eigenvalue weighted by Gasteiger charge is 1.97. The topological polar surface area (TPSA) is 59.1 Å². The summed E-state index contributed by atoms with van der Waals surface area (Å²) in [5, 5.41) is 2.46. The van der Waals surface area contributed by atoms with Gasteiger partial charge in [0, 0.05) is 11.8 Å². The molecule has 0 saturated heterocycles.